The van der Waals surface area contributed by atoms with Gasteiger partial charge in [-0.05, 0) is 62.2 Å². The van der Waals surface area contributed by atoms with Gasteiger partial charge in [0.15, 0.2) is 11.5 Å². The molecule has 0 aromatic heterocycles. The molecule has 2 fully saturated rings. The number of ketones is 1. The van der Waals surface area contributed by atoms with Crippen LogP contribution in [0.15, 0.2) is 48.0 Å². The smallest absolute Gasteiger partial charge is 0.295 e. The zero-order valence-electron chi connectivity index (χ0n) is 22.3. The van der Waals surface area contributed by atoms with Crippen LogP contribution < -0.4 is 14.2 Å². The number of amides is 1. The van der Waals surface area contributed by atoms with Gasteiger partial charge >= 0.3 is 0 Å². The average molecular weight is 525 g/mol. The van der Waals surface area contributed by atoms with Crippen LogP contribution >= 0.6 is 0 Å². The summed E-state index contributed by atoms with van der Waals surface area (Å²) in [6, 6.07) is 11.4. The molecule has 2 heterocycles. The first-order chi connectivity index (χ1) is 18.5. The summed E-state index contributed by atoms with van der Waals surface area (Å²) in [6.45, 7) is 8.97. The average Bonchev–Trinajstić information content (AvgIpc) is 3.19. The van der Waals surface area contributed by atoms with Crippen LogP contribution in [0.1, 0.15) is 37.4 Å². The Hall–Kier alpha value is -3.56. The van der Waals surface area contributed by atoms with E-state index in [9.17, 15) is 14.7 Å². The lowest BCUT2D eigenvalue weighted by molar-refractivity contribution is -0.140. The summed E-state index contributed by atoms with van der Waals surface area (Å²) in [5.41, 5.74) is 1.14. The number of hydrogen-bond acceptors (Lipinski definition) is 8. The number of aliphatic hydroxyl groups is 1. The minimum absolute atomic E-state index is 0.0525. The van der Waals surface area contributed by atoms with Gasteiger partial charge in [-0.25, -0.2) is 0 Å². The fourth-order valence-electron chi connectivity index (χ4n) is 4.91. The third-order valence-electron chi connectivity index (χ3n) is 6.76. The SMILES string of the molecule is CCOc1ccc(C(O)=C2C(=O)C(=O)N(CCCN3CCOCC3)[C@@H]2c2ccc(OCC)c(OC)c2)cc1. The van der Waals surface area contributed by atoms with E-state index in [2.05, 4.69) is 4.90 Å². The number of hydrogen-bond donors (Lipinski definition) is 1. The predicted octanol–water partition coefficient (Wildman–Crippen LogP) is 3.64. The van der Waals surface area contributed by atoms with E-state index in [1.807, 2.05) is 19.9 Å². The molecule has 2 aliphatic heterocycles. The van der Waals surface area contributed by atoms with Gasteiger partial charge in [-0.1, -0.05) is 6.07 Å². The highest BCUT2D eigenvalue weighted by atomic mass is 16.5. The fourth-order valence-corrected chi connectivity index (χ4v) is 4.91. The van der Waals surface area contributed by atoms with Crippen LogP contribution in [0.5, 0.6) is 17.2 Å². The number of aliphatic hydroxyl groups excluding tert-OH is 1. The molecule has 1 N–H and O–H groups in total. The molecule has 0 saturated carbocycles. The Labute approximate surface area is 223 Å². The van der Waals surface area contributed by atoms with Gasteiger partial charge < -0.3 is 29.0 Å². The van der Waals surface area contributed by atoms with Crippen LogP contribution in [0.25, 0.3) is 5.76 Å². The zero-order chi connectivity index (χ0) is 27.1. The molecule has 38 heavy (non-hydrogen) atoms. The summed E-state index contributed by atoms with van der Waals surface area (Å²) < 4.78 is 22.1. The zero-order valence-corrected chi connectivity index (χ0v) is 22.3. The second kappa shape index (κ2) is 12.8. The number of benzene rings is 2. The van der Waals surface area contributed by atoms with Gasteiger partial charge in [0.05, 0.1) is 45.2 Å². The standard InChI is InChI=1S/C29H36N2O7/c1-4-37-22-10-7-20(8-11-22)27(32)25-26(21-9-12-23(38-5-2)24(19-21)35-3)31(29(34)28(25)33)14-6-13-30-15-17-36-18-16-30/h7-12,19,26,32H,4-6,13-18H2,1-3H3/t26-/m1/s1. The molecule has 2 aliphatic rings. The Balaban J connectivity index is 1.71. The van der Waals surface area contributed by atoms with E-state index in [0.29, 0.717) is 67.8 Å². The molecule has 0 radical (unpaired) electrons. The molecule has 4 rings (SSSR count). The highest BCUT2D eigenvalue weighted by Gasteiger charge is 2.46. The summed E-state index contributed by atoms with van der Waals surface area (Å²) in [6.07, 6.45) is 0.681. The minimum Gasteiger partial charge on any atom is -0.507 e. The quantitative estimate of drug-likeness (QED) is 0.270. The van der Waals surface area contributed by atoms with E-state index in [0.717, 1.165) is 19.6 Å². The van der Waals surface area contributed by atoms with E-state index < -0.39 is 17.7 Å². The van der Waals surface area contributed by atoms with E-state index in [1.165, 1.54) is 0 Å². The number of likely N-dealkylation sites (tertiary alicyclic amines) is 1. The number of Topliss-reactive ketones (excluding diaryl/α,β-unsaturated/α-hetero) is 1. The highest BCUT2D eigenvalue weighted by Crippen LogP contribution is 2.42. The molecule has 1 amide bonds. The Morgan fingerprint density at radius 3 is 2.34 bits per heavy atom. The van der Waals surface area contributed by atoms with Crippen molar-refractivity contribution >= 4 is 17.4 Å². The van der Waals surface area contributed by atoms with Gasteiger partial charge in [-0.15, -0.1) is 0 Å². The molecule has 9 heteroatoms. The second-order valence-electron chi connectivity index (χ2n) is 9.10. The maximum absolute atomic E-state index is 13.4. The number of carbonyl (C=O) groups is 2. The molecule has 0 unspecified atom stereocenters. The van der Waals surface area contributed by atoms with Crippen molar-refractivity contribution < 1.29 is 33.6 Å². The largest absolute Gasteiger partial charge is 0.507 e. The van der Waals surface area contributed by atoms with Crippen LogP contribution in [0.2, 0.25) is 0 Å². The molecule has 204 valence electrons. The first-order valence-corrected chi connectivity index (χ1v) is 13.1. The van der Waals surface area contributed by atoms with E-state index in [4.69, 9.17) is 18.9 Å². The van der Waals surface area contributed by atoms with Crippen molar-refractivity contribution in [3.63, 3.8) is 0 Å². The maximum Gasteiger partial charge on any atom is 0.295 e. The molecular weight excluding hydrogens is 488 g/mol. The van der Waals surface area contributed by atoms with Crippen molar-refractivity contribution in [1.82, 2.24) is 9.80 Å². The minimum atomic E-state index is -0.768. The van der Waals surface area contributed by atoms with E-state index >= 15 is 0 Å². The Morgan fingerprint density at radius 1 is 0.974 bits per heavy atom. The molecular formula is C29H36N2O7. The number of morpholine rings is 1. The van der Waals surface area contributed by atoms with Gasteiger partial charge in [-0.3, -0.25) is 14.5 Å². The number of methoxy groups -OCH3 is 1. The Kier molecular flexibility index (Phi) is 9.25. The van der Waals surface area contributed by atoms with E-state index in [-0.39, 0.29) is 11.3 Å². The van der Waals surface area contributed by atoms with Gasteiger partial charge in [0, 0.05) is 31.7 Å². The normalized spacial score (nSPS) is 19.6. The van der Waals surface area contributed by atoms with Crippen molar-refractivity contribution in [2.45, 2.75) is 26.3 Å². The molecule has 0 bridgehead atoms. The third-order valence-corrected chi connectivity index (χ3v) is 6.76. The molecule has 2 aromatic rings. The Morgan fingerprint density at radius 2 is 1.68 bits per heavy atom. The summed E-state index contributed by atoms with van der Waals surface area (Å²) in [7, 11) is 1.54. The predicted molar refractivity (Wildman–Crippen MR) is 143 cm³/mol. The van der Waals surface area contributed by atoms with Crippen molar-refractivity contribution in [3.05, 3.63) is 59.2 Å². The van der Waals surface area contributed by atoms with E-state index in [1.54, 1.807) is 48.4 Å². The Bertz CT molecular complexity index is 1160. The van der Waals surface area contributed by atoms with Crippen LogP contribution in [-0.4, -0.2) is 86.3 Å². The number of ether oxygens (including phenoxy) is 4. The van der Waals surface area contributed by atoms with Crippen LogP contribution in [0, 0.1) is 0 Å². The van der Waals surface area contributed by atoms with Crippen LogP contribution in [-0.2, 0) is 14.3 Å². The van der Waals surface area contributed by atoms with Crippen LogP contribution in [0.4, 0.5) is 0 Å². The lowest BCUT2D eigenvalue weighted by atomic mass is 9.95. The molecule has 0 spiro atoms. The van der Waals surface area contributed by atoms with Crippen molar-refractivity contribution in [2.24, 2.45) is 0 Å². The summed E-state index contributed by atoms with van der Waals surface area (Å²) in [5.74, 6) is 0.150. The first kappa shape index (κ1) is 27.5. The second-order valence-corrected chi connectivity index (χ2v) is 9.10. The monoisotopic (exact) mass is 524 g/mol. The fraction of sp³-hybridized carbons (Fsp3) is 0.448. The molecule has 9 nitrogen and oxygen atoms in total. The molecule has 2 aromatic carbocycles. The molecule has 2 saturated heterocycles. The molecule has 1 atom stereocenters. The maximum atomic E-state index is 13.4. The lowest BCUT2D eigenvalue weighted by Crippen LogP contribution is -2.39. The summed E-state index contributed by atoms with van der Waals surface area (Å²) >= 11 is 0. The van der Waals surface area contributed by atoms with Gasteiger partial charge in [0.2, 0.25) is 0 Å². The number of nitrogens with zero attached hydrogens (tertiary/aromatic N) is 2. The van der Waals surface area contributed by atoms with Gasteiger partial charge in [-0.2, -0.15) is 0 Å². The van der Waals surface area contributed by atoms with Crippen molar-refractivity contribution in [2.75, 3.05) is 59.7 Å². The summed E-state index contributed by atoms with van der Waals surface area (Å²) in [5, 5.41) is 11.3. The van der Waals surface area contributed by atoms with Crippen LogP contribution in [0.3, 0.4) is 0 Å². The van der Waals surface area contributed by atoms with Gasteiger partial charge in [0.1, 0.15) is 11.5 Å². The third kappa shape index (κ3) is 5.95. The summed E-state index contributed by atoms with van der Waals surface area (Å²) in [4.78, 5) is 30.5. The number of rotatable bonds is 11. The van der Waals surface area contributed by atoms with Gasteiger partial charge in [0.25, 0.3) is 11.7 Å². The lowest BCUT2D eigenvalue weighted by Gasteiger charge is -2.29. The first-order valence-electron chi connectivity index (χ1n) is 13.1. The number of carbonyl (C=O) groups excluding carboxylic acids is 2. The topological polar surface area (TPSA) is 97.8 Å². The molecule has 0 aliphatic carbocycles. The van der Waals surface area contributed by atoms with Crippen molar-refractivity contribution in [1.29, 1.82) is 0 Å². The highest BCUT2D eigenvalue weighted by molar-refractivity contribution is 6.46. The van der Waals surface area contributed by atoms with Crippen molar-refractivity contribution in [3.8, 4) is 17.2 Å².